The highest BCUT2D eigenvalue weighted by molar-refractivity contribution is 6.08. The summed E-state index contributed by atoms with van der Waals surface area (Å²) < 4.78 is 15.8. The molecule has 0 fully saturated rings. The van der Waals surface area contributed by atoms with Gasteiger partial charge in [0, 0.05) is 30.0 Å². The van der Waals surface area contributed by atoms with E-state index >= 15 is 0 Å². The van der Waals surface area contributed by atoms with Gasteiger partial charge < -0.3 is 14.2 Å². The van der Waals surface area contributed by atoms with Gasteiger partial charge in [0.15, 0.2) is 17.3 Å². The van der Waals surface area contributed by atoms with Crippen LogP contribution in [0, 0.1) is 10.1 Å². The molecular weight excluding hydrogens is 428 g/mol. The summed E-state index contributed by atoms with van der Waals surface area (Å²) in [5, 5.41) is 11.8. The zero-order valence-corrected chi connectivity index (χ0v) is 18.6. The second kappa shape index (κ2) is 8.93. The van der Waals surface area contributed by atoms with Gasteiger partial charge in [0.2, 0.25) is 5.91 Å². The van der Waals surface area contributed by atoms with Gasteiger partial charge in [-0.1, -0.05) is 6.07 Å². The number of ketones is 1. The zero-order chi connectivity index (χ0) is 23.7. The van der Waals surface area contributed by atoms with Crippen LogP contribution < -0.4 is 19.1 Å². The number of hydrogen-bond acceptors (Lipinski definition) is 7. The number of nitrogens with zero attached hydrogens (tertiary/aromatic N) is 2. The van der Waals surface area contributed by atoms with Crippen LogP contribution in [0.3, 0.4) is 0 Å². The molecule has 9 heteroatoms. The van der Waals surface area contributed by atoms with Crippen molar-refractivity contribution in [1.82, 2.24) is 0 Å². The number of nitro groups is 1. The van der Waals surface area contributed by atoms with Crippen molar-refractivity contribution in [3.8, 4) is 17.2 Å². The molecule has 1 aliphatic carbocycles. The first-order valence-electron chi connectivity index (χ1n) is 10.5. The number of ether oxygens (including phenoxy) is 3. The molecular formula is C24H24N2O7. The number of amides is 1. The van der Waals surface area contributed by atoms with E-state index in [1.807, 2.05) is 6.07 Å². The fourth-order valence-corrected chi connectivity index (χ4v) is 4.59. The first-order valence-corrected chi connectivity index (χ1v) is 10.5. The van der Waals surface area contributed by atoms with Crippen LogP contribution in [0.2, 0.25) is 0 Å². The summed E-state index contributed by atoms with van der Waals surface area (Å²) in [6.45, 7) is 0. The molecule has 2 aromatic rings. The minimum atomic E-state index is -0.545. The van der Waals surface area contributed by atoms with Crippen LogP contribution in [-0.2, 0) is 9.59 Å². The third-order valence-electron chi connectivity index (χ3n) is 6.11. The molecule has 4 rings (SSSR count). The van der Waals surface area contributed by atoms with E-state index in [-0.39, 0.29) is 29.5 Å². The Bertz CT molecular complexity index is 1170. The van der Waals surface area contributed by atoms with Gasteiger partial charge in [-0.3, -0.25) is 24.6 Å². The Hall–Kier alpha value is -3.88. The number of methoxy groups -OCH3 is 3. The van der Waals surface area contributed by atoms with Crippen molar-refractivity contribution < 1.29 is 28.7 Å². The molecule has 0 spiro atoms. The predicted molar refractivity (Wildman–Crippen MR) is 120 cm³/mol. The first-order chi connectivity index (χ1) is 15.9. The lowest BCUT2D eigenvalue weighted by molar-refractivity contribution is -0.384. The molecule has 0 N–H and O–H groups in total. The van der Waals surface area contributed by atoms with Crippen molar-refractivity contribution in [2.24, 2.45) is 0 Å². The van der Waals surface area contributed by atoms with Crippen molar-refractivity contribution in [2.45, 2.75) is 31.6 Å². The first kappa shape index (κ1) is 22.3. The predicted octanol–water partition coefficient (Wildman–Crippen LogP) is 4.15. The number of anilines is 1. The Morgan fingerprint density at radius 3 is 2.39 bits per heavy atom. The van der Waals surface area contributed by atoms with Gasteiger partial charge in [0.05, 0.1) is 32.3 Å². The Kier molecular flexibility index (Phi) is 6.04. The normalized spacial score (nSPS) is 18.2. The summed E-state index contributed by atoms with van der Waals surface area (Å²) in [4.78, 5) is 39.1. The molecule has 172 valence electrons. The number of rotatable bonds is 6. The van der Waals surface area contributed by atoms with Gasteiger partial charge >= 0.3 is 0 Å². The third kappa shape index (κ3) is 3.90. The molecule has 0 saturated heterocycles. The monoisotopic (exact) mass is 452 g/mol. The summed E-state index contributed by atoms with van der Waals surface area (Å²) in [7, 11) is 4.47. The third-order valence-corrected chi connectivity index (χ3v) is 6.11. The molecule has 1 atom stereocenters. The van der Waals surface area contributed by atoms with Crippen LogP contribution in [0.1, 0.15) is 37.2 Å². The van der Waals surface area contributed by atoms with Crippen molar-refractivity contribution in [3.05, 3.63) is 63.3 Å². The van der Waals surface area contributed by atoms with Gasteiger partial charge in [-0.05, 0) is 42.7 Å². The minimum Gasteiger partial charge on any atom is -0.496 e. The van der Waals surface area contributed by atoms with E-state index < -0.39 is 10.8 Å². The Labute approximate surface area is 190 Å². The Morgan fingerprint density at radius 2 is 1.73 bits per heavy atom. The largest absolute Gasteiger partial charge is 0.496 e. The second-order valence-electron chi connectivity index (χ2n) is 7.85. The van der Waals surface area contributed by atoms with Gasteiger partial charge in [-0.25, -0.2) is 0 Å². The summed E-state index contributed by atoms with van der Waals surface area (Å²) >= 11 is 0. The number of carbonyl (C=O) groups excluding carboxylic acids is 2. The number of nitro benzene ring substituents is 1. The lowest BCUT2D eigenvalue weighted by Crippen LogP contribution is -2.40. The average Bonchev–Trinajstić information content (AvgIpc) is 2.82. The molecule has 1 aliphatic heterocycles. The van der Waals surface area contributed by atoms with Crippen LogP contribution in [0.15, 0.2) is 47.7 Å². The number of hydrogen-bond donors (Lipinski definition) is 0. The van der Waals surface area contributed by atoms with E-state index in [1.165, 1.54) is 38.4 Å². The maximum Gasteiger partial charge on any atom is 0.297 e. The molecule has 1 amide bonds. The summed E-state index contributed by atoms with van der Waals surface area (Å²) in [5.74, 6) is 0.533. The number of benzene rings is 2. The average molecular weight is 452 g/mol. The van der Waals surface area contributed by atoms with Crippen LogP contribution in [0.4, 0.5) is 11.4 Å². The van der Waals surface area contributed by atoms with Crippen molar-refractivity contribution in [1.29, 1.82) is 0 Å². The summed E-state index contributed by atoms with van der Waals surface area (Å²) in [6.07, 6.45) is 1.42. The van der Waals surface area contributed by atoms with Crippen LogP contribution in [0.25, 0.3) is 0 Å². The topological polar surface area (TPSA) is 108 Å². The number of carbonyl (C=O) groups is 2. The fraction of sp³-hybridized carbons (Fsp3) is 0.333. The van der Waals surface area contributed by atoms with E-state index in [4.69, 9.17) is 14.2 Å². The standard InChI is InChI=1S/C24H24N2O7/c1-31-15-8-9-17(19(12-15)26(29)30)25-18-5-4-6-20(27)24(18)16(13-23(25)28)14-7-10-21(32-2)22(11-14)33-3/h7-12,16H,4-6,13H2,1-3H3. The Balaban J connectivity index is 1.88. The number of Topliss-reactive ketones (excluding diaryl/α,β-unsaturated/α-hetero) is 1. The fourth-order valence-electron chi connectivity index (χ4n) is 4.59. The quantitative estimate of drug-likeness (QED) is 0.478. The van der Waals surface area contributed by atoms with Crippen molar-refractivity contribution in [3.63, 3.8) is 0 Å². The molecule has 2 aromatic carbocycles. The highest BCUT2D eigenvalue weighted by Crippen LogP contribution is 2.46. The van der Waals surface area contributed by atoms with E-state index in [2.05, 4.69) is 0 Å². The van der Waals surface area contributed by atoms with Crippen molar-refractivity contribution in [2.75, 3.05) is 26.2 Å². The zero-order valence-electron chi connectivity index (χ0n) is 18.6. The van der Waals surface area contributed by atoms with E-state index in [0.29, 0.717) is 47.8 Å². The SMILES string of the molecule is COc1ccc(N2C(=O)CC(c3ccc(OC)c(OC)c3)C3=C2CCCC3=O)c([N+](=O)[O-])c1. The highest BCUT2D eigenvalue weighted by atomic mass is 16.6. The van der Waals surface area contributed by atoms with Crippen LogP contribution in [-0.4, -0.2) is 37.9 Å². The maximum atomic E-state index is 13.4. The van der Waals surface area contributed by atoms with E-state index in [1.54, 1.807) is 18.2 Å². The Morgan fingerprint density at radius 1 is 0.970 bits per heavy atom. The highest BCUT2D eigenvalue weighted by Gasteiger charge is 2.41. The molecule has 33 heavy (non-hydrogen) atoms. The number of allylic oxidation sites excluding steroid dienone is 2. The van der Waals surface area contributed by atoms with Crippen molar-refractivity contribution >= 4 is 23.1 Å². The summed E-state index contributed by atoms with van der Waals surface area (Å²) in [6, 6.07) is 9.68. The lowest BCUT2D eigenvalue weighted by atomic mass is 9.77. The van der Waals surface area contributed by atoms with Crippen LogP contribution >= 0.6 is 0 Å². The molecule has 1 heterocycles. The lowest BCUT2D eigenvalue weighted by Gasteiger charge is -2.38. The van der Waals surface area contributed by atoms with Gasteiger partial charge in [0.25, 0.3) is 5.69 Å². The van der Waals surface area contributed by atoms with E-state index in [0.717, 1.165) is 5.56 Å². The molecule has 0 aromatic heterocycles. The molecule has 1 unspecified atom stereocenters. The molecule has 9 nitrogen and oxygen atoms in total. The second-order valence-corrected chi connectivity index (χ2v) is 7.85. The van der Waals surface area contributed by atoms with Crippen LogP contribution in [0.5, 0.6) is 17.2 Å². The maximum absolute atomic E-state index is 13.4. The minimum absolute atomic E-state index is 0.00321. The van der Waals surface area contributed by atoms with Gasteiger partial charge in [0.1, 0.15) is 11.4 Å². The van der Waals surface area contributed by atoms with E-state index in [9.17, 15) is 19.7 Å². The smallest absolute Gasteiger partial charge is 0.297 e. The van der Waals surface area contributed by atoms with Gasteiger partial charge in [-0.2, -0.15) is 0 Å². The molecule has 2 aliphatic rings. The summed E-state index contributed by atoms with van der Waals surface area (Å²) in [5.41, 5.74) is 1.69. The van der Waals surface area contributed by atoms with Gasteiger partial charge in [-0.15, -0.1) is 0 Å². The molecule has 0 radical (unpaired) electrons. The molecule has 0 saturated carbocycles. The molecule has 0 bridgehead atoms.